The van der Waals surface area contributed by atoms with Crippen LogP contribution in [0.15, 0.2) is 30.3 Å². The third kappa shape index (κ3) is 4.56. The summed E-state index contributed by atoms with van der Waals surface area (Å²) in [6, 6.07) is 8.86. The van der Waals surface area contributed by atoms with E-state index in [2.05, 4.69) is 4.52 Å². The molecule has 0 aliphatic heterocycles. The van der Waals surface area contributed by atoms with Crippen molar-refractivity contribution in [1.82, 2.24) is 0 Å². The van der Waals surface area contributed by atoms with Crippen molar-refractivity contribution in [2.75, 3.05) is 0 Å². The zero-order chi connectivity index (χ0) is 11.3. The standard InChI is InChI=1S/C8H8O5P2/c9-14(10)8(13-15(11)12)6-7-4-2-1-3-5-7/h1-5,8H,6H2/p+2. The lowest BCUT2D eigenvalue weighted by Gasteiger charge is -1.97. The summed E-state index contributed by atoms with van der Waals surface area (Å²) in [4.78, 5) is 17.4. The predicted octanol–water partition coefficient (Wildman–Crippen LogP) is 1.96. The molecule has 0 saturated carbocycles. The van der Waals surface area contributed by atoms with Crippen LogP contribution in [0.3, 0.4) is 0 Å². The van der Waals surface area contributed by atoms with Gasteiger partial charge in [0.05, 0.1) is 6.42 Å². The van der Waals surface area contributed by atoms with Crippen molar-refractivity contribution >= 4 is 16.3 Å². The molecule has 0 bridgehead atoms. The Labute approximate surface area is 88.5 Å². The molecule has 0 amide bonds. The molecule has 0 aliphatic carbocycles. The summed E-state index contributed by atoms with van der Waals surface area (Å²) in [5, 5.41) is 0. The molecule has 15 heavy (non-hydrogen) atoms. The van der Waals surface area contributed by atoms with Gasteiger partial charge in [-0.2, -0.15) is 4.89 Å². The van der Waals surface area contributed by atoms with Crippen molar-refractivity contribution in [3.63, 3.8) is 0 Å². The lowest BCUT2D eigenvalue weighted by molar-refractivity contribution is 0.240. The van der Waals surface area contributed by atoms with E-state index < -0.39 is 22.1 Å². The van der Waals surface area contributed by atoms with E-state index in [0.717, 1.165) is 5.56 Å². The average molecular weight is 248 g/mol. The number of benzene rings is 1. The van der Waals surface area contributed by atoms with Gasteiger partial charge in [0.25, 0.3) is 0 Å². The zero-order valence-corrected chi connectivity index (χ0v) is 9.47. The molecule has 0 radical (unpaired) electrons. The Bertz CT molecular complexity index is 353. The van der Waals surface area contributed by atoms with Crippen molar-refractivity contribution in [2.24, 2.45) is 0 Å². The second kappa shape index (κ2) is 6.01. The Morgan fingerprint density at radius 1 is 1.20 bits per heavy atom. The lowest BCUT2D eigenvalue weighted by Crippen LogP contribution is -2.07. The molecule has 0 fully saturated rings. The lowest BCUT2D eigenvalue weighted by atomic mass is 10.2. The van der Waals surface area contributed by atoms with E-state index in [4.69, 9.17) is 9.79 Å². The van der Waals surface area contributed by atoms with Crippen LogP contribution in [-0.4, -0.2) is 15.6 Å². The molecule has 80 valence electrons. The SMILES string of the molecule is O=[P+](O)OC(Cc1ccccc1)[P+](=O)O. The van der Waals surface area contributed by atoms with Crippen LogP contribution in [0.4, 0.5) is 0 Å². The van der Waals surface area contributed by atoms with Gasteiger partial charge in [-0.3, -0.25) is 0 Å². The molecule has 1 rings (SSSR count). The fourth-order valence-electron chi connectivity index (χ4n) is 1.08. The largest absolute Gasteiger partial charge is 0.699 e. The molecule has 1 aromatic carbocycles. The van der Waals surface area contributed by atoms with E-state index in [-0.39, 0.29) is 6.42 Å². The molecule has 0 aromatic heterocycles. The highest BCUT2D eigenvalue weighted by atomic mass is 31.1. The van der Waals surface area contributed by atoms with Crippen LogP contribution < -0.4 is 0 Å². The van der Waals surface area contributed by atoms with Gasteiger partial charge in [0.15, 0.2) is 0 Å². The third-order valence-electron chi connectivity index (χ3n) is 1.71. The van der Waals surface area contributed by atoms with E-state index in [0.29, 0.717) is 0 Å². The first-order chi connectivity index (χ1) is 7.09. The van der Waals surface area contributed by atoms with Gasteiger partial charge in [0.2, 0.25) is 0 Å². The number of hydrogen-bond donors (Lipinski definition) is 2. The highest BCUT2D eigenvalue weighted by molar-refractivity contribution is 7.40. The minimum absolute atomic E-state index is 0.133. The fraction of sp³-hybridized carbons (Fsp3) is 0.250. The maximum atomic E-state index is 10.8. The van der Waals surface area contributed by atoms with Crippen LogP contribution in [0.2, 0.25) is 0 Å². The second-order valence-electron chi connectivity index (χ2n) is 2.79. The van der Waals surface area contributed by atoms with Gasteiger partial charge in [-0.15, -0.1) is 4.89 Å². The minimum atomic E-state index is -2.86. The maximum absolute atomic E-state index is 10.8. The second-order valence-corrected chi connectivity index (χ2v) is 4.66. The summed E-state index contributed by atoms with van der Waals surface area (Å²) in [6.45, 7) is 0. The molecule has 3 atom stereocenters. The molecule has 1 aromatic rings. The predicted molar refractivity (Wildman–Crippen MR) is 54.7 cm³/mol. The Morgan fingerprint density at radius 3 is 2.27 bits per heavy atom. The summed E-state index contributed by atoms with van der Waals surface area (Å²) in [5.41, 5.74) is 0.775. The van der Waals surface area contributed by atoms with Crippen LogP contribution in [0.1, 0.15) is 5.56 Å². The molecule has 2 N–H and O–H groups in total. The van der Waals surface area contributed by atoms with Crippen LogP contribution in [-0.2, 0) is 20.1 Å². The quantitative estimate of drug-likeness (QED) is 0.778. The smallest absolute Gasteiger partial charge is 0.159 e. The Kier molecular flexibility index (Phi) is 4.95. The molecular formula is C8H10O5P2+2. The Morgan fingerprint density at radius 2 is 1.80 bits per heavy atom. The van der Waals surface area contributed by atoms with E-state index >= 15 is 0 Å². The van der Waals surface area contributed by atoms with Crippen LogP contribution >= 0.6 is 16.3 Å². The van der Waals surface area contributed by atoms with Crippen LogP contribution in [0.25, 0.3) is 0 Å². The van der Waals surface area contributed by atoms with Crippen LogP contribution in [0.5, 0.6) is 0 Å². The molecule has 3 unspecified atom stereocenters. The van der Waals surface area contributed by atoms with E-state index in [9.17, 15) is 9.13 Å². The Hall–Kier alpha value is -0.700. The first-order valence-electron chi connectivity index (χ1n) is 4.11. The monoisotopic (exact) mass is 248 g/mol. The van der Waals surface area contributed by atoms with Gasteiger partial charge < -0.3 is 0 Å². The minimum Gasteiger partial charge on any atom is -0.159 e. The van der Waals surface area contributed by atoms with Gasteiger partial charge in [0, 0.05) is 4.57 Å². The number of hydrogen-bond acceptors (Lipinski definition) is 3. The van der Waals surface area contributed by atoms with Gasteiger partial charge in [-0.05, 0) is 10.1 Å². The van der Waals surface area contributed by atoms with Crippen LogP contribution in [0, 0.1) is 0 Å². The first-order valence-corrected chi connectivity index (χ1v) is 6.53. The molecule has 0 spiro atoms. The average Bonchev–Trinajstić information content (AvgIpc) is 2.17. The van der Waals surface area contributed by atoms with Gasteiger partial charge in [0.1, 0.15) is 0 Å². The molecular weight excluding hydrogens is 238 g/mol. The topological polar surface area (TPSA) is 83.8 Å². The molecule has 0 heterocycles. The van der Waals surface area contributed by atoms with Crippen molar-refractivity contribution in [3.05, 3.63) is 35.9 Å². The summed E-state index contributed by atoms with van der Waals surface area (Å²) < 4.78 is 25.7. The summed E-state index contributed by atoms with van der Waals surface area (Å²) >= 11 is 0. The molecule has 0 saturated heterocycles. The summed E-state index contributed by atoms with van der Waals surface area (Å²) in [6.07, 6.45) is 0.133. The first kappa shape index (κ1) is 12.4. The van der Waals surface area contributed by atoms with E-state index in [1.165, 1.54) is 0 Å². The molecule has 0 aliphatic rings. The van der Waals surface area contributed by atoms with Crippen molar-refractivity contribution in [2.45, 2.75) is 12.3 Å². The molecule has 7 heteroatoms. The maximum Gasteiger partial charge on any atom is 0.699 e. The highest BCUT2D eigenvalue weighted by Gasteiger charge is 2.39. The van der Waals surface area contributed by atoms with Gasteiger partial charge in [-0.25, -0.2) is 0 Å². The summed E-state index contributed by atoms with van der Waals surface area (Å²) in [5.74, 6) is -1.14. The molecule has 5 nitrogen and oxygen atoms in total. The van der Waals surface area contributed by atoms with E-state index in [1.807, 2.05) is 6.07 Å². The Balaban J connectivity index is 2.67. The third-order valence-corrected chi connectivity index (χ3v) is 3.09. The fourth-order valence-corrected chi connectivity index (χ4v) is 2.29. The van der Waals surface area contributed by atoms with Gasteiger partial charge >= 0.3 is 22.1 Å². The van der Waals surface area contributed by atoms with Crippen molar-refractivity contribution in [3.8, 4) is 0 Å². The highest BCUT2D eigenvalue weighted by Crippen LogP contribution is 2.33. The normalized spacial score (nSPS) is 14.5. The van der Waals surface area contributed by atoms with Gasteiger partial charge in [-0.1, -0.05) is 34.9 Å². The van der Waals surface area contributed by atoms with Crippen molar-refractivity contribution in [1.29, 1.82) is 0 Å². The summed E-state index contributed by atoms with van der Waals surface area (Å²) in [7, 11) is -5.50. The van der Waals surface area contributed by atoms with E-state index in [1.54, 1.807) is 24.3 Å². The zero-order valence-electron chi connectivity index (χ0n) is 7.68. The van der Waals surface area contributed by atoms with Crippen molar-refractivity contribution < 1.29 is 23.4 Å². The number of rotatable bonds is 5.